The SMILES string of the molecule is CCN(CC)c1ccc2c(c1)OC(=O)C(CC(=O)NCCCc1ccccc1)C2C. The van der Waals surface area contributed by atoms with Crippen LogP contribution in [0.4, 0.5) is 5.69 Å². The Hall–Kier alpha value is -2.82. The highest BCUT2D eigenvalue weighted by molar-refractivity contribution is 5.86. The zero-order valence-electron chi connectivity index (χ0n) is 18.2. The second-order valence-corrected chi connectivity index (χ2v) is 7.85. The molecule has 0 fully saturated rings. The Bertz CT molecular complexity index is 862. The first-order valence-electron chi connectivity index (χ1n) is 10.9. The average Bonchev–Trinajstić information content (AvgIpc) is 2.75. The van der Waals surface area contributed by atoms with Crippen molar-refractivity contribution < 1.29 is 14.3 Å². The number of esters is 1. The third-order valence-corrected chi connectivity index (χ3v) is 5.95. The number of aryl methyl sites for hydroxylation is 1. The first kappa shape index (κ1) is 21.9. The van der Waals surface area contributed by atoms with Crippen molar-refractivity contribution in [3.8, 4) is 5.75 Å². The van der Waals surface area contributed by atoms with Crippen molar-refractivity contribution in [1.82, 2.24) is 5.32 Å². The summed E-state index contributed by atoms with van der Waals surface area (Å²) < 4.78 is 5.63. The number of carbonyl (C=O) groups is 2. The quantitative estimate of drug-likeness (QED) is 0.382. The maximum absolute atomic E-state index is 12.6. The highest BCUT2D eigenvalue weighted by Gasteiger charge is 2.36. The minimum atomic E-state index is -0.453. The Balaban J connectivity index is 1.55. The molecule has 2 unspecified atom stereocenters. The number of benzene rings is 2. The van der Waals surface area contributed by atoms with E-state index >= 15 is 0 Å². The van der Waals surface area contributed by atoms with Crippen LogP contribution < -0.4 is 15.0 Å². The molecule has 1 amide bonds. The number of hydrogen-bond donors (Lipinski definition) is 1. The van der Waals surface area contributed by atoms with Crippen LogP contribution in [-0.2, 0) is 16.0 Å². The Morgan fingerprint density at radius 3 is 2.53 bits per heavy atom. The van der Waals surface area contributed by atoms with Gasteiger partial charge in [0.15, 0.2) is 0 Å². The topological polar surface area (TPSA) is 58.6 Å². The maximum atomic E-state index is 12.6. The number of fused-ring (bicyclic) bond motifs is 1. The fourth-order valence-electron chi connectivity index (χ4n) is 4.08. The van der Waals surface area contributed by atoms with Crippen LogP contribution in [0.25, 0.3) is 0 Å². The fourth-order valence-corrected chi connectivity index (χ4v) is 4.08. The molecule has 0 bridgehead atoms. The van der Waals surface area contributed by atoms with Gasteiger partial charge in [-0.2, -0.15) is 0 Å². The van der Waals surface area contributed by atoms with E-state index in [2.05, 4.69) is 42.3 Å². The molecule has 5 nitrogen and oxygen atoms in total. The summed E-state index contributed by atoms with van der Waals surface area (Å²) in [6.45, 7) is 8.60. The maximum Gasteiger partial charge on any atom is 0.315 e. The van der Waals surface area contributed by atoms with E-state index in [1.54, 1.807) is 0 Å². The van der Waals surface area contributed by atoms with Crippen LogP contribution in [0, 0.1) is 5.92 Å². The number of nitrogens with one attached hydrogen (secondary N) is 1. The van der Waals surface area contributed by atoms with Gasteiger partial charge in [0.2, 0.25) is 5.91 Å². The first-order chi connectivity index (χ1) is 14.5. The third-order valence-electron chi connectivity index (χ3n) is 5.95. The molecule has 2 atom stereocenters. The zero-order valence-corrected chi connectivity index (χ0v) is 18.2. The summed E-state index contributed by atoms with van der Waals surface area (Å²) in [4.78, 5) is 27.3. The molecule has 1 N–H and O–H groups in total. The third kappa shape index (κ3) is 5.21. The van der Waals surface area contributed by atoms with Crippen LogP contribution in [0.15, 0.2) is 48.5 Å². The summed E-state index contributed by atoms with van der Waals surface area (Å²) in [5, 5.41) is 2.95. The van der Waals surface area contributed by atoms with Crippen molar-refractivity contribution in [1.29, 1.82) is 0 Å². The lowest BCUT2D eigenvalue weighted by Gasteiger charge is -2.30. The molecule has 2 aromatic carbocycles. The van der Waals surface area contributed by atoms with E-state index in [-0.39, 0.29) is 24.2 Å². The van der Waals surface area contributed by atoms with E-state index in [0.717, 1.165) is 37.2 Å². The monoisotopic (exact) mass is 408 g/mol. The van der Waals surface area contributed by atoms with Gasteiger partial charge in [0.05, 0.1) is 5.92 Å². The molecule has 0 saturated heterocycles. The Morgan fingerprint density at radius 1 is 1.10 bits per heavy atom. The van der Waals surface area contributed by atoms with Gasteiger partial charge < -0.3 is 15.0 Å². The fraction of sp³-hybridized carbons (Fsp3) is 0.440. The molecule has 0 aliphatic carbocycles. The largest absolute Gasteiger partial charge is 0.426 e. The van der Waals surface area contributed by atoms with E-state index in [1.807, 2.05) is 37.3 Å². The molecule has 2 aromatic rings. The Morgan fingerprint density at radius 2 is 1.83 bits per heavy atom. The van der Waals surface area contributed by atoms with Crippen molar-refractivity contribution in [2.45, 2.75) is 46.0 Å². The summed E-state index contributed by atoms with van der Waals surface area (Å²) in [5.41, 5.74) is 3.30. The number of carbonyl (C=O) groups excluding carboxylic acids is 2. The summed E-state index contributed by atoms with van der Waals surface area (Å²) in [5.74, 6) is -0.296. The lowest BCUT2D eigenvalue weighted by molar-refractivity contribution is -0.143. The van der Waals surface area contributed by atoms with Crippen molar-refractivity contribution in [3.05, 3.63) is 59.7 Å². The van der Waals surface area contributed by atoms with Gasteiger partial charge in [-0.1, -0.05) is 43.3 Å². The molecule has 1 aliphatic rings. The van der Waals surface area contributed by atoms with Crippen LogP contribution in [0.3, 0.4) is 0 Å². The smallest absolute Gasteiger partial charge is 0.315 e. The molecule has 1 aliphatic heterocycles. The lowest BCUT2D eigenvalue weighted by Crippen LogP contribution is -2.36. The van der Waals surface area contributed by atoms with Gasteiger partial charge in [0, 0.05) is 37.8 Å². The highest BCUT2D eigenvalue weighted by Crippen LogP contribution is 2.40. The number of rotatable bonds is 9. The summed E-state index contributed by atoms with van der Waals surface area (Å²) >= 11 is 0. The summed E-state index contributed by atoms with van der Waals surface area (Å²) in [6.07, 6.45) is 1.95. The number of amides is 1. The minimum Gasteiger partial charge on any atom is -0.426 e. The molecule has 1 heterocycles. The van der Waals surface area contributed by atoms with E-state index in [4.69, 9.17) is 4.74 Å². The number of anilines is 1. The van der Waals surface area contributed by atoms with Crippen LogP contribution in [0.5, 0.6) is 5.75 Å². The molecule has 160 valence electrons. The van der Waals surface area contributed by atoms with E-state index in [0.29, 0.717) is 12.3 Å². The van der Waals surface area contributed by atoms with Crippen LogP contribution in [0.1, 0.15) is 50.7 Å². The van der Waals surface area contributed by atoms with Crippen LogP contribution >= 0.6 is 0 Å². The predicted molar refractivity (Wildman–Crippen MR) is 120 cm³/mol. The molecular formula is C25H32N2O3. The van der Waals surface area contributed by atoms with Crippen molar-refractivity contribution >= 4 is 17.6 Å². The molecule has 0 saturated carbocycles. The summed E-state index contributed by atoms with van der Waals surface area (Å²) in [6, 6.07) is 16.3. The molecule has 3 rings (SSSR count). The van der Waals surface area contributed by atoms with Gasteiger partial charge in [-0.3, -0.25) is 9.59 Å². The Kier molecular flexibility index (Phi) is 7.50. The van der Waals surface area contributed by atoms with Crippen LogP contribution in [0.2, 0.25) is 0 Å². The predicted octanol–water partition coefficient (Wildman–Crippen LogP) is 4.31. The molecule has 0 aromatic heterocycles. The highest BCUT2D eigenvalue weighted by atomic mass is 16.5. The second-order valence-electron chi connectivity index (χ2n) is 7.85. The molecule has 0 radical (unpaired) electrons. The number of nitrogens with zero attached hydrogens (tertiary/aromatic N) is 1. The number of hydrogen-bond acceptors (Lipinski definition) is 4. The molecule has 30 heavy (non-hydrogen) atoms. The van der Waals surface area contributed by atoms with E-state index in [9.17, 15) is 9.59 Å². The van der Waals surface area contributed by atoms with Gasteiger partial charge >= 0.3 is 5.97 Å². The van der Waals surface area contributed by atoms with Crippen molar-refractivity contribution in [2.75, 3.05) is 24.5 Å². The normalized spacial score (nSPS) is 17.8. The molecular weight excluding hydrogens is 376 g/mol. The van der Waals surface area contributed by atoms with E-state index in [1.165, 1.54) is 5.56 Å². The summed E-state index contributed by atoms with van der Waals surface area (Å²) in [7, 11) is 0. The molecule has 5 heteroatoms. The van der Waals surface area contributed by atoms with Gasteiger partial charge in [0.25, 0.3) is 0 Å². The van der Waals surface area contributed by atoms with Gasteiger partial charge in [-0.25, -0.2) is 0 Å². The molecule has 0 spiro atoms. The zero-order chi connectivity index (χ0) is 21.5. The minimum absolute atomic E-state index is 0.0536. The van der Waals surface area contributed by atoms with Crippen molar-refractivity contribution in [3.63, 3.8) is 0 Å². The van der Waals surface area contributed by atoms with Gasteiger partial charge in [-0.05, 0) is 49.8 Å². The van der Waals surface area contributed by atoms with Crippen molar-refractivity contribution in [2.24, 2.45) is 5.92 Å². The first-order valence-corrected chi connectivity index (χ1v) is 10.9. The van der Waals surface area contributed by atoms with Crippen LogP contribution in [-0.4, -0.2) is 31.5 Å². The van der Waals surface area contributed by atoms with E-state index < -0.39 is 5.92 Å². The Labute approximate surface area is 179 Å². The average molecular weight is 409 g/mol. The standard InChI is InChI=1S/C25H32N2O3/c1-4-27(5-2)20-13-14-21-18(3)22(25(29)30-23(21)16-20)17-24(28)26-15-9-12-19-10-7-6-8-11-19/h6-8,10-11,13-14,16,18,22H,4-5,9,12,15,17H2,1-3H3,(H,26,28). The second kappa shape index (κ2) is 10.3. The number of ether oxygens (including phenoxy) is 1. The lowest BCUT2D eigenvalue weighted by atomic mass is 9.82. The van der Waals surface area contributed by atoms with Gasteiger partial charge in [-0.15, -0.1) is 0 Å². The van der Waals surface area contributed by atoms with Gasteiger partial charge in [0.1, 0.15) is 5.75 Å².